The highest BCUT2D eigenvalue weighted by Gasteiger charge is 2.42. The van der Waals surface area contributed by atoms with Crippen LogP contribution in [0.3, 0.4) is 0 Å². The molecule has 5 rings (SSSR count). The molecule has 0 aromatic heterocycles. The first-order chi connectivity index (χ1) is 16.5. The smallest absolute Gasteiger partial charge is 0.225 e. The zero-order valence-electron chi connectivity index (χ0n) is 20.1. The third-order valence-corrected chi connectivity index (χ3v) is 8.51. The third kappa shape index (κ3) is 5.52. The van der Waals surface area contributed by atoms with Crippen LogP contribution >= 0.6 is 0 Å². The number of halogens is 1. The van der Waals surface area contributed by atoms with Gasteiger partial charge in [-0.3, -0.25) is 4.79 Å². The minimum atomic E-state index is -0.188. The molecule has 0 spiro atoms. The average molecular weight is 464 g/mol. The van der Waals surface area contributed by atoms with Gasteiger partial charge in [0, 0.05) is 43.6 Å². The standard InChI is InChI=1S/C29H38FN3O/c30-24-10-6-21(7-11-24)19-29(20-32-27-18-26(27)22-4-2-1-3-5-22)14-16-33(17-15-29)28(34)23-8-12-25(31)13-9-23/h1-7,10-11,23,25-27,32H,8-9,12-20,31H2. The predicted molar refractivity (Wildman–Crippen MR) is 134 cm³/mol. The van der Waals surface area contributed by atoms with Crippen molar-refractivity contribution in [3.63, 3.8) is 0 Å². The molecular weight excluding hydrogens is 425 g/mol. The largest absolute Gasteiger partial charge is 0.342 e. The second-order valence-electron chi connectivity index (χ2n) is 11.0. The van der Waals surface area contributed by atoms with E-state index >= 15 is 0 Å². The summed E-state index contributed by atoms with van der Waals surface area (Å²) in [5.74, 6) is 0.901. The van der Waals surface area contributed by atoms with Crippen LogP contribution in [-0.2, 0) is 11.2 Å². The lowest BCUT2D eigenvalue weighted by molar-refractivity contribution is -0.139. The first-order valence-electron chi connectivity index (χ1n) is 13.1. The number of carbonyl (C=O) groups excluding carboxylic acids is 1. The Labute approximate surface area is 203 Å². The molecule has 2 aromatic rings. The summed E-state index contributed by atoms with van der Waals surface area (Å²) in [5, 5.41) is 3.87. The Hall–Kier alpha value is -2.24. The Morgan fingerprint density at radius 2 is 1.68 bits per heavy atom. The minimum Gasteiger partial charge on any atom is -0.342 e. The fourth-order valence-corrected chi connectivity index (χ4v) is 6.11. The first-order valence-corrected chi connectivity index (χ1v) is 13.1. The quantitative estimate of drug-likeness (QED) is 0.629. The van der Waals surface area contributed by atoms with Crippen molar-refractivity contribution >= 4 is 5.91 Å². The Kier molecular flexibility index (Phi) is 7.03. The van der Waals surface area contributed by atoms with Crippen LogP contribution in [0.4, 0.5) is 4.39 Å². The molecule has 1 saturated heterocycles. The number of carbonyl (C=O) groups is 1. The van der Waals surface area contributed by atoms with E-state index in [9.17, 15) is 9.18 Å². The third-order valence-electron chi connectivity index (χ3n) is 8.51. The maximum Gasteiger partial charge on any atom is 0.225 e. The van der Waals surface area contributed by atoms with Crippen molar-refractivity contribution in [3.05, 3.63) is 71.5 Å². The molecule has 3 aliphatic rings. The number of nitrogens with one attached hydrogen (secondary N) is 1. The van der Waals surface area contributed by atoms with Gasteiger partial charge in [-0.15, -0.1) is 0 Å². The lowest BCUT2D eigenvalue weighted by Crippen LogP contribution is -2.50. The van der Waals surface area contributed by atoms with Gasteiger partial charge in [-0.25, -0.2) is 4.39 Å². The van der Waals surface area contributed by atoms with E-state index in [2.05, 4.69) is 40.5 Å². The molecular formula is C29H38FN3O. The summed E-state index contributed by atoms with van der Waals surface area (Å²) < 4.78 is 13.5. The summed E-state index contributed by atoms with van der Waals surface area (Å²) in [6, 6.07) is 18.5. The van der Waals surface area contributed by atoms with Crippen molar-refractivity contribution in [2.75, 3.05) is 19.6 Å². The number of likely N-dealkylation sites (tertiary alicyclic amines) is 1. The van der Waals surface area contributed by atoms with E-state index in [4.69, 9.17) is 5.73 Å². The molecule has 0 bridgehead atoms. The molecule has 4 nitrogen and oxygen atoms in total. The number of piperidine rings is 1. The molecule has 3 fully saturated rings. The molecule has 2 saturated carbocycles. The SMILES string of the molecule is NC1CCC(C(=O)N2CCC(CNC3CC3c3ccccc3)(Cc3ccc(F)cc3)CC2)CC1. The number of hydrogen-bond acceptors (Lipinski definition) is 3. The van der Waals surface area contributed by atoms with Crippen LogP contribution < -0.4 is 11.1 Å². The van der Waals surface area contributed by atoms with Crippen LogP contribution in [0.15, 0.2) is 54.6 Å². The summed E-state index contributed by atoms with van der Waals surface area (Å²) in [6.07, 6.45) is 7.87. The lowest BCUT2D eigenvalue weighted by Gasteiger charge is -2.43. The van der Waals surface area contributed by atoms with Gasteiger partial charge in [0.05, 0.1) is 0 Å². The molecule has 2 unspecified atom stereocenters. The van der Waals surface area contributed by atoms with Gasteiger partial charge >= 0.3 is 0 Å². The van der Waals surface area contributed by atoms with E-state index in [-0.39, 0.29) is 23.2 Å². The fraction of sp³-hybridized carbons (Fsp3) is 0.552. The van der Waals surface area contributed by atoms with Crippen LogP contribution in [0.2, 0.25) is 0 Å². The van der Waals surface area contributed by atoms with Crippen LogP contribution in [0.5, 0.6) is 0 Å². The van der Waals surface area contributed by atoms with Crippen LogP contribution in [-0.4, -0.2) is 42.5 Å². The molecule has 2 aliphatic carbocycles. The highest BCUT2D eigenvalue weighted by molar-refractivity contribution is 5.79. The van der Waals surface area contributed by atoms with Crippen molar-refractivity contribution in [1.29, 1.82) is 0 Å². The molecule has 5 heteroatoms. The maximum absolute atomic E-state index is 13.5. The Morgan fingerprint density at radius 3 is 2.35 bits per heavy atom. The van der Waals surface area contributed by atoms with Crippen molar-refractivity contribution in [2.45, 2.75) is 69.4 Å². The summed E-state index contributed by atoms with van der Waals surface area (Å²) in [5.41, 5.74) is 8.74. The van der Waals surface area contributed by atoms with Gasteiger partial charge < -0.3 is 16.0 Å². The molecule has 3 N–H and O–H groups in total. The molecule has 34 heavy (non-hydrogen) atoms. The van der Waals surface area contributed by atoms with Gasteiger partial charge in [-0.05, 0) is 80.0 Å². The summed E-state index contributed by atoms with van der Waals surface area (Å²) in [7, 11) is 0. The van der Waals surface area contributed by atoms with Gasteiger partial charge in [-0.1, -0.05) is 42.5 Å². The number of nitrogens with zero attached hydrogens (tertiary/aromatic N) is 1. The fourth-order valence-electron chi connectivity index (χ4n) is 6.11. The Bertz CT molecular complexity index is 947. The molecule has 182 valence electrons. The zero-order chi connectivity index (χ0) is 23.5. The summed E-state index contributed by atoms with van der Waals surface area (Å²) in [6.45, 7) is 2.58. The van der Waals surface area contributed by atoms with E-state index in [1.54, 1.807) is 12.1 Å². The van der Waals surface area contributed by atoms with E-state index in [1.807, 2.05) is 12.1 Å². The predicted octanol–water partition coefficient (Wildman–Crippen LogP) is 4.64. The summed E-state index contributed by atoms with van der Waals surface area (Å²) >= 11 is 0. The number of nitrogens with two attached hydrogens (primary N) is 1. The highest BCUT2D eigenvalue weighted by Crippen LogP contribution is 2.42. The number of hydrogen-bond donors (Lipinski definition) is 2. The van der Waals surface area contributed by atoms with Crippen molar-refractivity contribution in [1.82, 2.24) is 10.2 Å². The molecule has 1 amide bonds. The molecule has 0 radical (unpaired) electrons. The number of amides is 1. The minimum absolute atomic E-state index is 0.0906. The Morgan fingerprint density at radius 1 is 1.00 bits per heavy atom. The van der Waals surface area contributed by atoms with Gasteiger partial charge in [-0.2, -0.15) is 0 Å². The van der Waals surface area contributed by atoms with Crippen LogP contribution in [0.1, 0.15) is 62.0 Å². The second kappa shape index (κ2) is 10.2. The van der Waals surface area contributed by atoms with E-state index in [1.165, 1.54) is 17.5 Å². The zero-order valence-corrected chi connectivity index (χ0v) is 20.1. The van der Waals surface area contributed by atoms with Crippen LogP contribution in [0, 0.1) is 17.2 Å². The van der Waals surface area contributed by atoms with Crippen molar-refractivity contribution in [2.24, 2.45) is 17.1 Å². The van der Waals surface area contributed by atoms with Gasteiger partial charge in [0.25, 0.3) is 0 Å². The van der Waals surface area contributed by atoms with Crippen molar-refractivity contribution < 1.29 is 9.18 Å². The Balaban J connectivity index is 1.22. The maximum atomic E-state index is 13.5. The van der Waals surface area contributed by atoms with E-state index < -0.39 is 0 Å². The highest BCUT2D eigenvalue weighted by atomic mass is 19.1. The lowest BCUT2D eigenvalue weighted by atomic mass is 9.73. The van der Waals surface area contributed by atoms with E-state index in [0.717, 1.165) is 64.6 Å². The van der Waals surface area contributed by atoms with Gasteiger partial charge in [0.1, 0.15) is 5.82 Å². The van der Waals surface area contributed by atoms with Gasteiger partial charge in [0.15, 0.2) is 0 Å². The van der Waals surface area contributed by atoms with Gasteiger partial charge in [0.2, 0.25) is 5.91 Å². The molecule has 1 heterocycles. The average Bonchev–Trinajstić information content (AvgIpc) is 3.65. The molecule has 2 atom stereocenters. The number of benzene rings is 2. The molecule has 2 aromatic carbocycles. The van der Waals surface area contributed by atoms with E-state index in [0.29, 0.717) is 17.9 Å². The monoisotopic (exact) mass is 463 g/mol. The second-order valence-corrected chi connectivity index (χ2v) is 11.0. The summed E-state index contributed by atoms with van der Waals surface area (Å²) in [4.78, 5) is 15.3. The molecule has 1 aliphatic heterocycles. The topological polar surface area (TPSA) is 58.4 Å². The normalized spacial score (nSPS) is 28.5. The van der Waals surface area contributed by atoms with Crippen molar-refractivity contribution in [3.8, 4) is 0 Å². The first kappa shape index (κ1) is 23.5. The van der Waals surface area contributed by atoms with Crippen LogP contribution in [0.25, 0.3) is 0 Å². The number of rotatable bonds is 7.